The molecule has 0 bridgehead atoms. The zero-order valence-electron chi connectivity index (χ0n) is 17.6. The van der Waals surface area contributed by atoms with Crippen LogP contribution in [0, 0.1) is 6.92 Å². The number of fused-ring (bicyclic) bond motifs is 2. The van der Waals surface area contributed by atoms with Gasteiger partial charge in [-0.25, -0.2) is 0 Å². The molecule has 5 rings (SSSR count). The molecule has 0 amide bonds. The van der Waals surface area contributed by atoms with Crippen LogP contribution in [0.25, 0.3) is 0 Å². The minimum atomic E-state index is -0.0751. The average molecular weight is 429 g/mol. The van der Waals surface area contributed by atoms with Gasteiger partial charge in [0.05, 0.1) is 17.9 Å². The Morgan fingerprint density at radius 1 is 1.27 bits per heavy atom. The van der Waals surface area contributed by atoms with E-state index in [-0.39, 0.29) is 5.60 Å². The highest BCUT2D eigenvalue weighted by Crippen LogP contribution is 2.44. The number of likely N-dealkylation sites (tertiary alicyclic amines) is 1. The van der Waals surface area contributed by atoms with E-state index in [2.05, 4.69) is 38.3 Å². The van der Waals surface area contributed by atoms with Crippen LogP contribution in [0.3, 0.4) is 0 Å². The summed E-state index contributed by atoms with van der Waals surface area (Å²) in [6.45, 7) is 8.46. The monoisotopic (exact) mass is 428 g/mol. The number of aromatic nitrogens is 5. The molecule has 3 aromatic rings. The van der Waals surface area contributed by atoms with E-state index in [9.17, 15) is 0 Å². The molecule has 3 aromatic heterocycles. The lowest BCUT2D eigenvalue weighted by Gasteiger charge is -2.44. The fraction of sp³-hybridized carbons (Fsp3) is 0.619. The SMILES string of the molecule is CCc1cc2c(s1)CCOC21CCN(Cc2cn(CCc3noc(C)n3)nn2)CC1. The molecule has 9 heteroatoms. The molecule has 0 unspecified atom stereocenters. The van der Waals surface area contributed by atoms with Crippen LogP contribution in [-0.4, -0.2) is 49.7 Å². The van der Waals surface area contributed by atoms with Crippen molar-refractivity contribution in [2.45, 2.75) is 64.6 Å². The summed E-state index contributed by atoms with van der Waals surface area (Å²) >= 11 is 1.98. The van der Waals surface area contributed by atoms with Crippen molar-refractivity contribution in [1.29, 1.82) is 0 Å². The van der Waals surface area contributed by atoms with Crippen molar-refractivity contribution < 1.29 is 9.26 Å². The molecule has 1 saturated heterocycles. The Balaban J connectivity index is 1.17. The lowest BCUT2D eigenvalue weighted by Crippen LogP contribution is -2.45. The number of nitrogens with zero attached hydrogens (tertiary/aromatic N) is 6. The summed E-state index contributed by atoms with van der Waals surface area (Å²) in [5.74, 6) is 1.30. The Morgan fingerprint density at radius 3 is 2.90 bits per heavy atom. The Hall–Kier alpha value is -2.10. The van der Waals surface area contributed by atoms with Crippen LogP contribution < -0.4 is 0 Å². The minimum Gasteiger partial charge on any atom is -0.370 e. The van der Waals surface area contributed by atoms with Crippen molar-refractivity contribution in [2.75, 3.05) is 19.7 Å². The quantitative estimate of drug-likeness (QED) is 0.597. The summed E-state index contributed by atoms with van der Waals surface area (Å²) in [7, 11) is 0. The zero-order valence-corrected chi connectivity index (χ0v) is 18.5. The Morgan fingerprint density at radius 2 is 2.13 bits per heavy atom. The standard InChI is InChI=1S/C21H28N6O2S/c1-3-17-12-18-19(30-17)5-11-28-21(18)6-9-26(10-7-21)13-16-14-27(25-23-16)8-4-20-22-15(2)29-24-20/h12,14H,3-11,13H2,1-2H3. The molecular formula is C21H28N6O2S. The lowest BCUT2D eigenvalue weighted by atomic mass is 9.82. The summed E-state index contributed by atoms with van der Waals surface area (Å²) < 4.78 is 13.3. The molecule has 8 nitrogen and oxygen atoms in total. The van der Waals surface area contributed by atoms with E-state index >= 15 is 0 Å². The molecule has 1 fully saturated rings. The number of ether oxygens (including phenoxy) is 1. The highest BCUT2D eigenvalue weighted by Gasteiger charge is 2.41. The van der Waals surface area contributed by atoms with E-state index in [4.69, 9.17) is 9.26 Å². The smallest absolute Gasteiger partial charge is 0.223 e. The van der Waals surface area contributed by atoms with Gasteiger partial charge in [0, 0.05) is 61.9 Å². The maximum absolute atomic E-state index is 6.40. The topological polar surface area (TPSA) is 82.1 Å². The molecule has 0 atom stereocenters. The fourth-order valence-corrected chi connectivity index (χ4v) is 5.72. The maximum atomic E-state index is 6.40. The molecule has 30 heavy (non-hydrogen) atoms. The van der Waals surface area contributed by atoms with Gasteiger partial charge in [-0.15, -0.1) is 16.4 Å². The van der Waals surface area contributed by atoms with Crippen molar-refractivity contribution in [2.24, 2.45) is 0 Å². The summed E-state index contributed by atoms with van der Waals surface area (Å²) in [5, 5.41) is 12.5. The third-order valence-electron chi connectivity index (χ3n) is 6.18. The van der Waals surface area contributed by atoms with Crippen LogP contribution in [0.15, 0.2) is 16.8 Å². The van der Waals surface area contributed by atoms with Crippen LogP contribution >= 0.6 is 11.3 Å². The second-order valence-electron chi connectivity index (χ2n) is 8.22. The third kappa shape index (κ3) is 3.93. The Kier molecular flexibility index (Phi) is 5.43. The molecule has 0 N–H and O–H groups in total. The van der Waals surface area contributed by atoms with Gasteiger partial charge < -0.3 is 9.26 Å². The molecule has 2 aliphatic heterocycles. The van der Waals surface area contributed by atoms with Crippen molar-refractivity contribution in [3.8, 4) is 0 Å². The number of rotatable bonds is 6. The van der Waals surface area contributed by atoms with E-state index in [1.807, 2.05) is 22.2 Å². The maximum Gasteiger partial charge on any atom is 0.223 e. The van der Waals surface area contributed by atoms with Crippen LogP contribution in [0.5, 0.6) is 0 Å². The van der Waals surface area contributed by atoms with E-state index in [0.717, 1.165) is 57.6 Å². The first-order chi connectivity index (χ1) is 14.6. The molecule has 0 aromatic carbocycles. The molecule has 0 aliphatic carbocycles. The highest BCUT2D eigenvalue weighted by molar-refractivity contribution is 7.12. The first-order valence-corrected chi connectivity index (χ1v) is 11.6. The number of aryl methyl sites for hydroxylation is 4. The van der Waals surface area contributed by atoms with E-state index in [1.54, 1.807) is 11.8 Å². The molecule has 0 radical (unpaired) electrons. The normalized spacial score (nSPS) is 18.7. The van der Waals surface area contributed by atoms with Crippen molar-refractivity contribution in [3.05, 3.63) is 45.0 Å². The van der Waals surface area contributed by atoms with Gasteiger partial charge >= 0.3 is 0 Å². The van der Waals surface area contributed by atoms with Gasteiger partial charge in [-0.2, -0.15) is 4.98 Å². The second kappa shape index (κ2) is 8.20. The molecule has 5 heterocycles. The van der Waals surface area contributed by atoms with Gasteiger partial charge in [0.2, 0.25) is 5.89 Å². The Labute approximate surface area is 180 Å². The first kappa shape index (κ1) is 19.8. The summed E-state index contributed by atoms with van der Waals surface area (Å²) in [5.41, 5.74) is 2.40. The first-order valence-electron chi connectivity index (χ1n) is 10.8. The summed E-state index contributed by atoms with van der Waals surface area (Å²) in [6, 6.07) is 2.41. The van der Waals surface area contributed by atoms with Crippen molar-refractivity contribution in [3.63, 3.8) is 0 Å². The molecule has 0 saturated carbocycles. The van der Waals surface area contributed by atoms with Crippen LogP contribution in [0.2, 0.25) is 0 Å². The van der Waals surface area contributed by atoms with Crippen molar-refractivity contribution in [1.82, 2.24) is 30.0 Å². The van der Waals surface area contributed by atoms with Gasteiger partial charge in [-0.1, -0.05) is 17.3 Å². The molecule has 1 spiro atoms. The van der Waals surface area contributed by atoms with Gasteiger partial charge in [0.25, 0.3) is 0 Å². The molecule has 2 aliphatic rings. The van der Waals surface area contributed by atoms with Gasteiger partial charge in [-0.05, 0) is 30.9 Å². The molecule has 160 valence electrons. The summed E-state index contributed by atoms with van der Waals surface area (Å²) in [4.78, 5) is 9.73. The van der Waals surface area contributed by atoms with Crippen molar-refractivity contribution >= 4 is 11.3 Å². The van der Waals surface area contributed by atoms with E-state index < -0.39 is 0 Å². The minimum absolute atomic E-state index is 0.0751. The number of thiophene rings is 1. The lowest BCUT2D eigenvalue weighted by molar-refractivity contribution is -0.0982. The predicted octanol–water partition coefficient (Wildman–Crippen LogP) is 2.90. The zero-order chi connectivity index (χ0) is 20.6. The second-order valence-corrected chi connectivity index (χ2v) is 9.45. The van der Waals surface area contributed by atoms with Gasteiger partial charge in [-0.3, -0.25) is 9.58 Å². The highest BCUT2D eigenvalue weighted by atomic mass is 32.1. The van der Waals surface area contributed by atoms with Gasteiger partial charge in [0.15, 0.2) is 5.82 Å². The van der Waals surface area contributed by atoms with E-state index in [1.165, 1.54) is 10.4 Å². The largest absolute Gasteiger partial charge is 0.370 e. The Bertz CT molecular complexity index is 1000. The van der Waals surface area contributed by atoms with Crippen LogP contribution in [0.1, 0.15) is 52.5 Å². The van der Waals surface area contributed by atoms with Crippen LogP contribution in [0.4, 0.5) is 0 Å². The number of hydrogen-bond acceptors (Lipinski definition) is 8. The predicted molar refractivity (Wildman–Crippen MR) is 112 cm³/mol. The number of piperidine rings is 1. The number of hydrogen-bond donors (Lipinski definition) is 0. The van der Waals surface area contributed by atoms with Gasteiger partial charge in [0.1, 0.15) is 0 Å². The molecular weight excluding hydrogens is 400 g/mol. The van der Waals surface area contributed by atoms with Crippen LogP contribution in [-0.2, 0) is 42.7 Å². The fourth-order valence-electron chi connectivity index (χ4n) is 4.54. The average Bonchev–Trinajstić information content (AvgIpc) is 3.48. The van der Waals surface area contributed by atoms with E-state index in [0.29, 0.717) is 24.7 Å². The summed E-state index contributed by atoms with van der Waals surface area (Å²) in [6.07, 6.45) is 6.99. The third-order valence-corrected chi connectivity index (χ3v) is 7.52.